The van der Waals surface area contributed by atoms with Crippen molar-refractivity contribution in [2.75, 3.05) is 14.1 Å². The van der Waals surface area contributed by atoms with E-state index < -0.39 is 0 Å². The quantitative estimate of drug-likeness (QED) is 0.354. The van der Waals surface area contributed by atoms with Gasteiger partial charge in [0.15, 0.2) is 5.82 Å². The minimum Gasteiger partial charge on any atom is -0.335 e. The van der Waals surface area contributed by atoms with E-state index in [9.17, 15) is 0 Å². The van der Waals surface area contributed by atoms with Gasteiger partial charge in [0.25, 0.3) is 0 Å². The molecule has 1 aliphatic rings. The first-order valence-electron chi connectivity index (χ1n) is 12.0. The van der Waals surface area contributed by atoms with E-state index in [1.54, 1.807) is 0 Å². The van der Waals surface area contributed by atoms with Crippen molar-refractivity contribution in [3.05, 3.63) is 88.5 Å². The SMILES string of the molecule is CN(C)C(CCc1ccccc1)C1CCC(/C=C/c2nc(Cc3ccc(Cl)cc3)no2)CC1. The largest absolute Gasteiger partial charge is 0.335 e. The van der Waals surface area contributed by atoms with Crippen LogP contribution in [-0.4, -0.2) is 35.2 Å². The van der Waals surface area contributed by atoms with Crippen LogP contribution in [0.1, 0.15) is 54.9 Å². The fourth-order valence-electron chi connectivity index (χ4n) is 5.01. The molecule has 2 aromatic carbocycles. The summed E-state index contributed by atoms with van der Waals surface area (Å²) < 4.78 is 5.44. The number of halogens is 1. The Bertz CT molecular complexity index is 1010. The van der Waals surface area contributed by atoms with Gasteiger partial charge in [0.05, 0.1) is 0 Å². The first kappa shape index (κ1) is 23.7. The van der Waals surface area contributed by atoms with Gasteiger partial charge in [0, 0.05) is 17.5 Å². The molecule has 0 spiro atoms. The summed E-state index contributed by atoms with van der Waals surface area (Å²) in [6, 6.07) is 19.3. The van der Waals surface area contributed by atoms with Gasteiger partial charge in [-0.1, -0.05) is 65.3 Å². The zero-order valence-electron chi connectivity index (χ0n) is 19.7. The molecule has 1 aromatic heterocycles. The van der Waals surface area contributed by atoms with Crippen LogP contribution in [0.15, 0.2) is 65.2 Å². The number of rotatable bonds is 9. The summed E-state index contributed by atoms with van der Waals surface area (Å²) in [6.45, 7) is 0. The molecule has 0 bridgehead atoms. The van der Waals surface area contributed by atoms with Gasteiger partial charge in [-0.25, -0.2) is 0 Å². The molecule has 1 aliphatic carbocycles. The summed E-state index contributed by atoms with van der Waals surface area (Å²) in [6.07, 6.45) is 12.3. The van der Waals surface area contributed by atoms with Crippen molar-refractivity contribution in [3.63, 3.8) is 0 Å². The molecule has 0 radical (unpaired) electrons. The third-order valence-electron chi connectivity index (χ3n) is 6.87. The van der Waals surface area contributed by atoms with Crippen LogP contribution in [-0.2, 0) is 12.8 Å². The van der Waals surface area contributed by atoms with Crippen LogP contribution >= 0.6 is 11.6 Å². The second kappa shape index (κ2) is 11.6. The van der Waals surface area contributed by atoms with Crippen LogP contribution in [0.4, 0.5) is 0 Å². The molecule has 1 unspecified atom stereocenters. The maximum atomic E-state index is 5.96. The van der Waals surface area contributed by atoms with Gasteiger partial charge in [0.1, 0.15) is 0 Å². The molecule has 0 N–H and O–H groups in total. The molecular formula is C28H34ClN3O. The van der Waals surface area contributed by atoms with Crippen LogP contribution in [0.5, 0.6) is 0 Å². The fraction of sp³-hybridized carbons (Fsp3) is 0.429. The number of hydrogen-bond donors (Lipinski definition) is 0. The van der Waals surface area contributed by atoms with E-state index in [0.717, 1.165) is 22.9 Å². The van der Waals surface area contributed by atoms with Crippen LogP contribution in [0, 0.1) is 11.8 Å². The van der Waals surface area contributed by atoms with E-state index >= 15 is 0 Å². The molecule has 1 heterocycles. The second-order valence-electron chi connectivity index (χ2n) is 9.44. The molecule has 1 fully saturated rings. The average Bonchev–Trinajstić information content (AvgIpc) is 3.28. The van der Waals surface area contributed by atoms with Crippen molar-refractivity contribution in [3.8, 4) is 0 Å². The van der Waals surface area contributed by atoms with E-state index in [4.69, 9.17) is 16.1 Å². The minimum absolute atomic E-state index is 0.588. The molecule has 0 amide bonds. The summed E-state index contributed by atoms with van der Waals surface area (Å²) in [5.41, 5.74) is 2.56. The Morgan fingerprint density at radius 1 is 1.00 bits per heavy atom. The zero-order chi connectivity index (χ0) is 23.0. The first-order chi connectivity index (χ1) is 16.1. The van der Waals surface area contributed by atoms with Gasteiger partial charge in [0.2, 0.25) is 5.89 Å². The van der Waals surface area contributed by atoms with Crippen LogP contribution in [0.25, 0.3) is 6.08 Å². The molecule has 3 aromatic rings. The highest BCUT2D eigenvalue weighted by Gasteiger charge is 2.28. The normalized spacial score (nSPS) is 19.9. The van der Waals surface area contributed by atoms with Crippen LogP contribution < -0.4 is 0 Å². The average molecular weight is 464 g/mol. The van der Waals surface area contributed by atoms with Gasteiger partial charge < -0.3 is 9.42 Å². The first-order valence-corrected chi connectivity index (χ1v) is 12.4. The van der Waals surface area contributed by atoms with Gasteiger partial charge in [-0.15, -0.1) is 0 Å². The molecule has 4 rings (SSSR count). The molecule has 1 saturated carbocycles. The Balaban J connectivity index is 1.26. The minimum atomic E-state index is 0.588. The van der Waals surface area contributed by atoms with E-state index in [0.29, 0.717) is 30.1 Å². The molecule has 174 valence electrons. The van der Waals surface area contributed by atoms with Gasteiger partial charge in [-0.2, -0.15) is 4.98 Å². The third-order valence-corrected chi connectivity index (χ3v) is 7.12. The molecule has 33 heavy (non-hydrogen) atoms. The highest BCUT2D eigenvalue weighted by Crippen LogP contribution is 2.34. The Labute approximate surface area is 202 Å². The summed E-state index contributed by atoms with van der Waals surface area (Å²) in [5.74, 6) is 2.65. The van der Waals surface area contributed by atoms with Crippen molar-refractivity contribution in [2.45, 2.75) is 51.0 Å². The molecule has 1 atom stereocenters. The van der Waals surface area contributed by atoms with Crippen molar-refractivity contribution in [1.29, 1.82) is 0 Å². The maximum Gasteiger partial charge on any atom is 0.250 e. The van der Waals surface area contributed by atoms with Gasteiger partial charge in [-0.3, -0.25) is 0 Å². The molecule has 0 aliphatic heterocycles. The second-order valence-corrected chi connectivity index (χ2v) is 9.88. The number of aryl methyl sites for hydroxylation is 1. The lowest BCUT2D eigenvalue weighted by atomic mass is 9.76. The standard InChI is InChI=1S/C28H34ClN3O/c1-32(2)26(18-12-21-6-4-3-5-7-21)24-14-8-22(9-15-24)13-19-28-30-27(31-33-28)20-23-10-16-25(29)17-11-23/h3-7,10-11,13,16-17,19,22,24,26H,8-9,12,14-15,18,20H2,1-2H3/b19-13+. The summed E-state index contributed by atoms with van der Waals surface area (Å²) in [4.78, 5) is 6.96. The highest BCUT2D eigenvalue weighted by molar-refractivity contribution is 6.30. The smallest absolute Gasteiger partial charge is 0.250 e. The zero-order valence-corrected chi connectivity index (χ0v) is 20.4. The van der Waals surface area contributed by atoms with Gasteiger partial charge >= 0.3 is 0 Å². The Kier molecular flexibility index (Phi) is 8.35. The molecule has 5 heteroatoms. The highest BCUT2D eigenvalue weighted by atomic mass is 35.5. The van der Waals surface area contributed by atoms with Crippen molar-refractivity contribution < 1.29 is 4.52 Å². The van der Waals surface area contributed by atoms with E-state index in [2.05, 4.69) is 65.5 Å². The van der Waals surface area contributed by atoms with Crippen molar-refractivity contribution in [2.24, 2.45) is 11.8 Å². The monoisotopic (exact) mass is 463 g/mol. The van der Waals surface area contributed by atoms with Crippen molar-refractivity contribution in [1.82, 2.24) is 15.0 Å². The number of benzene rings is 2. The molecule has 0 saturated heterocycles. The molecule has 4 nitrogen and oxygen atoms in total. The lowest BCUT2D eigenvalue weighted by Gasteiger charge is -2.37. The topological polar surface area (TPSA) is 42.2 Å². The fourth-order valence-corrected chi connectivity index (χ4v) is 5.13. The summed E-state index contributed by atoms with van der Waals surface area (Å²) in [7, 11) is 4.47. The lowest BCUT2D eigenvalue weighted by molar-refractivity contribution is 0.150. The number of allylic oxidation sites excluding steroid dienone is 1. The number of aromatic nitrogens is 2. The molecular weight excluding hydrogens is 430 g/mol. The van der Waals surface area contributed by atoms with Crippen LogP contribution in [0.3, 0.4) is 0 Å². The van der Waals surface area contributed by atoms with E-state index in [1.807, 2.05) is 30.3 Å². The summed E-state index contributed by atoms with van der Waals surface area (Å²) >= 11 is 5.96. The van der Waals surface area contributed by atoms with Crippen molar-refractivity contribution >= 4 is 17.7 Å². The van der Waals surface area contributed by atoms with E-state index in [-0.39, 0.29) is 0 Å². The Hall–Kier alpha value is -2.43. The van der Waals surface area contributed by atoms with E-state index in [1.165, 1.54) is 37.7 Å². The van der Waals surface area contributed by atoms with Gasteiger partial charge in [-0.05, 0) is 93.8 Å². The third kappa shape index (κ3) is 7.02. The maximum absolute atomic E-state index is 5.96. The summed E-state index contributed by atoms with van der Waals surface area (Å²) in [5, 5.41) is 4.86. The number of hydrogen-bond acceptors (Lipinski definition) is 4. The Morgan fingerprint density at radius 2 is 1.73 bits per heavy atom. The van der Waals surface area contributed by atoms with Crippen LogP contribution in [0.2, 0.25) is 5.02 Å². The predicted molar refractivity (Wildman–Crippen MR) is 135 cm³/mol. The number of nitrogens with zero attached hydrogens (tertiary/aromatic N) is 3. The Morgan fingerprint density at radius 3 is 2.42 bits per heavy atom. The lowest BCUT2D eigenvalue weighted by Crippen LogP contribution is -2.37. The predicted octanol–water partition coefficient (Wildman–Crippen LogP) is 6.70.